The van der Waals surface area contributed by atoms with Crippen LogP contribution in [0, 0.1) is 10.1 Å². The van der Waals surface area contributed by atoms with Crippen molar-refractivity contribution in [3.63, 3.8) is 0 Å². The summed E-state index contributed by atoms with van der Waals surface area (Å²) in [7, 11) is 0. The fourth-order valence-electron chi connectivity index (χ4n) is 1.53. The zero-order valence-electron chi connectivity index (χ0n) is 9.48. The molecule has 0 amide bonds. The number of furan rings is 1. The Balaban J connectivity index is 2.56. The number of nitro groups is 1. The van der Waals surface area contributed by atoms with Crippen LogP contribution in [0.3, 0.4) is 0 Å². The van der Waals surface area contributed by atoms with Crippen LogP contribution < -0.4 is 4.74 Å². The number of nitro benzene ring substituents is 1. The molecule has 0 bridgehead atoms. The maximum atomic E-state index is 12.2. The molecule has 0 fully saturated rings. The van der Waals surface area contributed by atoms with E-state index >= 15 is 0 Å². The Labute approximate surface area is 118 Å². The van der Waals surface area contributed by atoms with E-state index in [0.717, 1.165) is 6.07 Å². The Morgan fingerprint density at radius 1 is 1.35 bits per heavy atom. The van der Waals surface area contributed by atoms with Gasteiger partial charge in [0, 0.05) is 0 Å². The molecule has 0 spiro atoms. The van der Waals surface area contributed by atoms with Gasteiger partial charge in [0.2, 0.25) is 0 Å². The van der Waals surface area contributed by atoms with Crippen molar-refractivity contribution in [2.45, 2.75) is 6.36 Å². The van der Waals surface area contributed by atoms with Crippen molar-refractivity contribution in [1.29, 1.82) is 0 Å². The van der Waals surface area contributed by atoms with Crippen molar-refractivity contribution < 1.29 is 27.2 Å². The standard InChI is InChI=1S/C11H5BrF3NO4/c12-7-4-6(9-2-1-3-19-9)8(16(17)18)5-10(7)20-11(13,14)15/h1-5H. The molecule has 106 valence electrons. The number of alkyl halides is 3. The topological polar surface area (TPSA) is 65.5 Å². The van der Waals surface area contributed by atoms with Crippen LogP contribution in [0.4, 0.5) is 18.9 Å². The maximum absolute atomic E-state index is 12.2. The summed E-state index contributed by atoms with van der Waals surface area (Å²) in [5.41, 5.74) is -0.510. The van der Waals surface area contributed by atoms with E-state index < -0.39 is 22.7 Å². The Bertz CT molecular complexity index is 640. The number of benzene rings is 1. The van der Waals surface area contributed by atoms with Gasteiger partial charge in [0.15, 0.2) is 5.75 Å². The first kappa shape index (κ1) is 14.4. The predicted molar refractivity (Wildman–Crippen MR) is 65.2 cm³/mol. The largest absolute Gasteiger partial charge is 0.573 e. The highest BCUT2D eigenvalue weighted by Gasteiger charge is 2.33. The first-order valence-corrected chi connectivity index (χ1v) is 5.85. The van der Waals surface area contributed by atoms with Crippen LogP contribution in [0.2, 0.25) is 0 Å². The molecule has 0 atom stereocenters. The third-order valence-electron chi connectivity index (χ3n) is 2.26. The molecule has 2 aromatic rings. The van der Waals surface area contributed by atoms with E-state index in [0.29, 0.717) is 6.07 Å². The van der Waals surface area contributed by atoms with Crippen LogP contribution in [0.5, 0.6) is 5.75 Å². The van der Waals surface area contributed by atoms with Gasteiger partial charge in [-0.1, -0.05) is 0 Å². The summed E-state index contributed by atoms with van der Waals surface area (Å²) in [6.07, 6.45) is -3.64. The molecule has 20 heavy (non-hydrogen) atoms. The number of ether oxygens (including phenoxy) is 1. The fraction of sp³-hybridized carbons (Fsp3) is 0.0909. The minimum absolute atomic E-state index is 0.0430. The molecular weight excluding hydrogens is 347 g/mol. The monoisotopic (exact) mass is 351 g/mol. The highest BCUT2D eigenvalue weighted by molar-refractivity contribution is 9.10. The van der Waals surface area contributed by atoms with Crippen LogP contribution >= 0.6 is 15.9 Å². The molecule has 0 aliphatic heterocycles. The molecule has 0 N–H and O–H groups in total. The third kappa shape index (κ3) is 3.10. The van der Waals surface area contributed by atoms with Crippen LogP contribution in [-0.4, -0.2) is 11.3 Å². The first-order valence-electron chi connectivity index (χ1n) is 5.05. The lowest BCUT2D eigenvalue weighted by molar-refractivity contribution is -0.384. The van der Waals surface area contributed by atoms with Gasteiger partial charge in [-0.3, -0.25) is 10.1 Å². The second kappa shape index (κ2) is 5.16. The Hall–Kier alpha value is -2.03. The minimum atomic E-state index is -4.94. The second-order valence-corrected chi connectivity index (χ2v) is 4.44. The van der Waals surface area contributed by atoms with E-state index in [2.05, 4.69) is 20.7 Å². The predicted octanol–water partition coefficient (Wildman–Crippen LogP) is 4.52. The third-order valence-corrected chi connectivity index (χ3v) is 2.88. The average Bonchev–Trinajstić information content (AvgIpc) is 2.82. The van der Waals surface area contributed by atoms with Crippen LogP contribution in [0.1, 0.15) is 0 Å². The van der Waals surface area contributed by atoms with E-state index in [1.54, 1.807) is 0 Å². The summed E-state index contributed by atoms with van der Waals surface area (Å²) < 4.78 is 45.2. The lowest BCUT2D eigenvalue weighted by atomic mass is 10.1. The summed E-state index contributed by atoms with van der Waals surface area (Å²) in [6, 6.07) is 4.79. The number of hydrogen-bond donors (Lipinski definition) is 0. The van der Waals surface area contributed by atoms with Crippen LogP contribution in [-0.2, 0) is 0 Å². The quantitative estimate of drug-likeness (QED) is 0.602. The van der Waals surface area contributed by atoms with Gasteiger partial charge in [-0.05, 0) is 34.1 Å². The van der Waals surface area contributed by atoms with Crippen molar-refractivity contribution in [2.24, 2.45) is 0 Å². The number of nitrogens with zero attached hydrogens (tertiary/aromatic N) is 1. The molecule has 9 heteroatoms. The number of hydrogen-bond acceptors (Lipinski definition) is 4. The molecule has 1 aromatic heterocycles. The summed E-state index contributed by atoms with van der Waals surface area (Å²) >= 11 is 2.88. The van der Waals surface area contributed by atoms with Crippen LogP contribution in [0.15, 0.2) is 39.4 Å². The van der Waals surface area contributed by atoms with Gasteiger partial charge < -0.3 is 9.15 Å². The Morgan fingerprint density at radius 2 is 2.05 bits per heavy atom. The highest BCUT2D eigenvalue weighted by Crippen LogP contribution is 2.40. The number of halogens is 4. The molecule has 2 rings (SSSR count). The SMILES string of the molecule is O=[N+]([O-])c1cc(OC(F)(F)F)c(Br)cc1-c1ccco1. The molecule has 1 aromatic carbocycles. The van der Waals surface area contributed by atoms with Crippen molar-refractivity contribution >= 4 is 21.6 Å². The zero-order chi connectivity index (χ0) is 14.9. The molecule has 0 radical (unpaired) electrons. The maximum Gasteiger partial charge on any atom is 0.573 e. The van der Waals surface area contributed by atoms with E-state index in [1.807, 2.05) is 0 Å². The molecule has 5 nitrogen and oxygen atoms in total. The van der Waals surface area contributed by atoms with Gasteiger partial charge in [-0.2, -0.15) is 0 Å². The van der Waals surface area contributed by atoms with Gasteiger partial charge in [0.1, 0.15) is 5.76 Å². The van der Waals surface area contributed by atoms with Gasteiger partial charge in [0.05, 0.1) is 27.3 Å². The molecule has 0 aliphatic carbocycles. The van der Waals surface area contributed by atoms with Gasteiger partial charge in [0.25, 0.3) is 5.69 Å². The van der Waals surface area contributed by atoms with Crippen LogP contribution in [0.25, 0.3) is 11.3 Å². The lowest BCUT2D eigenvalue weighted by Crippen LogP contribution is -2.17. The number of rotatable bonds is 3. The van der Waals surface area contributed by atoms with Crippen molar-refractivity contribution in [2.75, 3.05) is 0 Å². The molecule has 1 heterocycles. The molecule has 0 aliphatic rings. The summed E-state index contributed by atoms with van der Waals surface area (Å²) in [6.45, 7) is 0. The summed E-state index contributed by atoms with van der Waals surface area (Å²) in [5, 5.41) is 11.0. The molecule has 0 saturated carbocycles. The Morgan fingerprint density at radius 3 is 2.55 bits per heavy atom. The summed E-state index contributed by atoms with van der Waals surface area (Å²) in [5.74, 6) is -0.532. The van der Waals surface area contributed by atoms with Gasteiger partial charge in [-0.15, -0.1) is 13.2 Å². The second-order valence-electron chi connectivity index (χ2n) is 3.58. The van der Waals surface area contributed by atoms with Gasteiger partial charge in [-0.25, -0.2) is 0 Å². The Kier molecular flexibility index (Phi) is 3.71. The highest BCUT2D eigenvalue weighted by atomic mass is 79.9. The molecule has 0 saturated heterocycles. The average molecular weight is 352 g/mol. The van der Waals surface area contributed by atoms with Crippen molar-refractivity contribution in [1.82, 2.24) is 0 Å². The smallest absolute Gasteiger partial charge is 0.464 e. The van der Waals surface area contributed by atoms with Gasteiger partial charge >= 0.3 is 6.36 Å². The molecule has 0 unspecified atom stereocenters. The minimum Gasteiger partial charge on any atom is -0.464 e. The van der Waals surface area contributed by atoms with E-state index in [4.69, 9.17) is 4.42 Å². The first-order chi connectivity index (χ1) is 9.28. The summed E-state index contributed by atoms with van der Waals surface area (Å²) in [4.78, 5) is 10.1. The van der Waals surface area contributed by atoms with Crippen molar-refractivity contribution in [3.8, 4) is 17.1 Å². The normalized spacial score (nSPS) is 11.4. The van der Waals surface area contributed by atoms with E-state index in [1.165, 1.54) is 18.4 Å². The van der Waals surface area contributed by atoms with Crippen molar-refractivity contribution in [3.05, 3.63) is 45.1 Å². The fourth-order valence-corrected chi connectivity index (χ4v) is 1.95. The zero-order valence-corrected chi connectivity index (χ0v) is 11.1. The lowest BCUT2D eigenvalue weighted by Gasteiger charge is -2.11. The van der Waals surface area contributed by atoms with E-state index in [-0.39, 0.29) is 15.8 Å². The molecular formula is C11H5BrF3NO4. The van der Waals surface area contributed by atoms with E-state index in [9.17, 15) is 23.3 Å².